The molecule has 1 saturated heterocycles. The summed E-state index contributed by atoms with van der Waals surface area (Å²) < 4.78 is 5.41. The topological polar surface area (TPSA) is 113 Å². The summed E-state index contributed by atoms with van der Waals surface area (Å²) in [4.78, 5) is 50.7. The fourth-order valence-electron chi connectivity index (χ4n) is 4.30. The van der Waals surface area contributed by atoms with Gasteiger partial charge in [-0.25, -0.2) is 4.79 Å². The summed E-state index contributed by atoms with van der Waals surface area (Å²) in [5.74, 6) is -3.25. The average Bonchev–Trinajstić information content (AvgIpc) is 2.82. The number of β-lactam (4-membered cyclic amide) rings is 1. The van der Waals surface area contributed by atoms with E-state index in [0.717, 1.165) is 16.0 Å². The summed E-state index contributed by atoms with van der Waals surface area (Å²) in [5, 5.41) is 11.6. The summed E-state index contributed by atoms with van der Waals surface area (Å²) in [6, 6.07) is 18.4. The van der Waals surface area contributed by atoms with Gasteiger partial charge in [-0.2, -0.15) is 0 Å². The van der Waals surface area contributed by atoms with Gasteiger partial charge in [0, 0.05) is 0 Å². The van der Waals surface area contributed by atoms with Crippen molar-refractivity contribution in [2.24, 2.45) is 5.41 Å². The van der Waals surface area contributed by atoms with Crippen molar-refractivity contribution in [3.63, 3.8) is 0 Å². The van der Waals surface area contributed by atoms with Crippen molar-refractivity contribution in [2.75, 3.05) is 13.2 Å². The Labute approximate surface area is 192 Å². The Kier molecular flexibility index (Phi) is 7.60. The Morgan fingerprint density at radius 1 is 1.00 bits per heavy atom. The van der Waals surface area contributed by atoms with E-state index in [-0.39, 0.29) is 5.91 Å². The highest BCUT2D eigenvalue weighted by molar-refractivity contribution is 6.05. The van der Waals surface area contributed by atoms with Gasteiger partial charge in [-0.1, -0.05) is 74.5 Å². The van der Waals surface area contributed by atoms with Crippen LogP contribution in [-0.4, -0.2) is 53.1 Å². The van der Waals surface area contributed by atoms with E-state index in [1.807, 2.05) is 60.7 Å². The van der Waals surface area contributed by atoms with Gasteiger partial charge in [-0.05, 0) is 24.0 Å². The van der Waals surface area contributed by atoms with Crippen LogP contribution < -0.4 is 5.32 Å². The minimum atomic E-state index is -1.19. The third-order valence-corrected chi connectivity index (χ3v) is 6.19. The van der Waals surface area contributed by atoms with Crippen LogP contribution in [0.1, 0.15) is 43.7 Å². The molecule has 2 aromatic rings. The van der Waals surface area contributed by atoms with Crippen molar-refractivity contribution in [2.45, 2.75) is 38.8 Å². The molecule has 1 atom stereocenters. The smallest absolute Gasteiger partial charge is 0.329 e. The van der Waals surface area contributed by atoms with Gasteiger partial charge in [0.1, 0.15) is 6.61 Å². The first kappa shape index (κ1) is 24.1. The number of rotatable bonds is 10. The molecule has 1 unspecified atom stereocenters. The quantitative estimate of drug-likeness (QED) is 0.536. The summed E-state index contributed by atoms with van der Waals surface area (Å²) in [7, 11) is 0. The van der Waals surface area contributed by atoms with E-state index in [9.17, 15) is 19.2 Å². The number of imide groups is 1. The lowest BCUT2D eigenvalue weighted by Gasteiger charge is -2.53. The fraction of sp³-hybridized carbons (Fsp3) is 0.360. The van der Waals surface area contributed by atoms with E-state index < -0.39 is 48.5 Å². The first-order valence-corrected chi connectivity index (χ1v) is 10.9. The lowest BCUT2D eigenvalue weighted by atomic mass is 9.71. The van der Waals surface area contributed by atoms with Crippen LogP contribution in [0.4, 0.5) is 0 Å². The molecular formula is C25H28N2O6. The molecule has 8 heteroatoms. The normalized spacial score (nSPS) is 16.9. The number of amides is 3. The van der Waals surface area contributed by atoms with E-state index in [4.69, 9.17) is 9.84 Å². The highest BCUT2D eigenvalue weighted by atomic mass is 16.5. The molecular weight excluding hydrogens is 424 g/mol. The number of hydrogen-bond donors (Lipinski definition) is 2. The Hall–Kier alpha value is -3.52. The first-order chi connectivity index (χ1) is 15.9. The van der Waals surface area contributed by atoms with E-state index in [0.29, 0.717) is 12.8 Å². The zero-order chi connectivity index (χ0) is 24.0. The molecule has 33 heavy (non-hydrogen) atoms. The van der Waals surface area contributed by atoms with Crippen molar-refractivity contribution in [3.8, 4) is 0 Å². The number of carbonyl (C=O) groups excluding carboxylic acids is 3. The van der Waals surface area contributed by atoms with Crippen LogP contribution in [0.3, 0.4) is 0 Å². The Morgan fingerprint density at radius 2 is 1.52 bits per heavy atom. The lowest BCUT2D eigenvalue weighted by molar-refractivity contribution is -0.224. The maximum Gasteiger partial charge on any atom is 0.329 e. The maximum absolute atomic E-state index is 13.1. The van der Waals surface area contributed by atoms with E-state index in [1.165, 1.54) is 0 Å². The summed E-state index contributed by atoms with van der Waals surface area (Å²) in [5.41, 5.74) is 0.603. The molecule has 174 valence electrons. The number of carbonyl (C=O) groups is 4. The zero-order valence-electron chi connectivity index (χ0n) is 18.7. The minimum Gasteiger partial charge on any atom is -0.480 e. The van der Waals surface area contributed by atoms with Crippen LogP contribution in [0.15, 0.2) is 60.7 Å². The predicted octanol–water partition coefficient (Wildman–Crippen LogP) is 2.54. The molecule has 3 amide bonds. The van der Waals surface area contributed by atoms with Gasteiger partial charge >= 0.3 is 5.97 Å². The second-order valence-corrected chi connectivity index (χ2v) is 7.96. The SMILES string of the molecule is CCC1(CC)C(=O)N(C(=O)CNC(=O)C(c2ccccc2)c2ccccc2)C1OCC(=O)O. The van der Waals surface area contributed by atoms with Gasteiger partial charge < -0.3 is 15.2 Å². The predicted molar refractivity (Wildman–Crippen MR) is 120 cm³/mol. The van der Waals surface area contributed by atoms with Crippen LogP contribution in [0, 0.1) is 5.41 Å². The molecule has 0 aliphatic carbocycles. The summed E-state index contributed by atoms with van der Waals surface area (Å²) in [6.45, 7) is 2.57. The van der Waals surface area contributed by atoms with Crippen molar-refractivity contribution in [3.05, 3.63) is 71.8 Å². The van der Waals surface area contributed by atoms with Gasteiger partial charge in [-0.3, -0.25) is 19.3 Å². The second kappa shape index (κ2) is 10.4. The van der Waals surface area contributed by atoms with Crippen LogP contribution in [0.25, 0.3) is 0 Å². The number of hydrogen-bond acceptors (Lipinski definition) is 5. The first-order valence-electron chi connectivity index (χ1n) is 10.9. The maximum atomic E-state index is 13.1. The molecule has 0 bridgehead atoms. The zero-order valence-corrected chi connectivity index (χ0v) is 18.7. The number of aliphatic carboxylic acids is 1. The Morgan fingerprint density at radius 3 is 1.97 bits per heavy atom. The molecule has 1 fully saturated rings. The van der Waals surface area contributed by atoms with Crippen molar-refractivity contribution in [1.82, 2.24) is 10.2 Å². The van der Waals surface area contributed by atoms with Crippen molar-refractivity contribution < 1.29 is 29.0 Å². The highest BCUT2D eigenvalue weighted by Crippen LogP contribution is 2.45. The van der Waals surface area contributed by atoms with Gasteiger partial charge in [0.25, 0.3) is 5.91 Å². The van der Waals surface area contributed by atoms with Crippen molar-refractivity contribution in [1.29, 1.82) is 0 Å². The third-order valence-electron chi connectivity index (χ3n) is 6.19. The van der Waals surface area contributed by atoms with Crippen LogP contribution in [-0.2, 0) is 23.9 Å². The van der Waals surface area contributed by atoms with Gasteiger partial charge in [0.2, 0.25) is 11.8 Å². The molecule has 0 aromatic heterocycles. The van der Waals surface area contributed by atoms with E-state index >= 15 is 0 Å². The number of likely N-dealkylation sites (tertiary alicyclic amines) is 1. The monoisotopic (exact) mass is 452 g/mol. The second-order valence-electron chi connectivity index (χ2n) is 7.96. The highest BCUT2D eigenvalue weighted by Gasteiger charge is 2.61. The molecule has 1 aliphatic heterocycles. The van der Waals surface area contributed by atoms with Gasteiger partial charge in [-0.15, -0.1) is 0 Å². The van der Waals surface area contributed by atoms with Crippen LogP contribution >= 0.6 is 0 Å². The molecule has 0 radical (unpaired) electrons. The van der Waals surface area contributed by atoms with Gasteiger partial charge in [0.15, 0.2) is 6.23 Å². The number of nitrogens with zero attached hydrogens (tertiary/aromatic N) is 1. The average molecular weight is 453 g/mol. The minimum absolute atomic E-state index is 0.381. The lowest BCUT2D eigenvalue weighted by Crippen LogP contribution is -2.72. The molecule has 0 saturated carbocycles. The number of benzene rings is 2. The molecule has 3 rings (SSSR count). The molecule has 2 aromatic carbocycles. The molecule has 1 heterocycles. The number of ether oxygens (including phenoxy) is 1. The summed E-state index contributed by atoms with van der Waals surface area (Å²) >= 11 is 0. The van der Waals surface area contributed by atoms with Crippen LogP contribution in [0.2, 0.25) is 0 Å². The molecule has 8 nitrogen and oxygen atoms in total. The Bertz CT molecular complexity index is 965. The number of nitrogens with one attached hydrogen (secondary N) is 1. The van der Waals surface area contributed by atoms with E-state index in [1.54, 1.807) is 13.8 Å². The van der Waals surface area contributed by atoms with Crippen LogP contribution in [0.5, 0.6) is 0 Å². The van der Waals surface area contributed by atoms with Gasteiger partial charge in [0.05, 0.1) is 17.9 Å². The largest absolute Gasteiger partial charge is 0.480 e. The number of carboxylic acid groups (broad SMARTS) is 1. The Balaban J connectivity index is 1.74. The van der Waals surface area contributed by atoms with E-state index in [2.05, 4.69) is 5.32 Å². The summed E-state index contributed by atoms with van der Waals surface area (Å²) in [6.07, 6.45) is -0.154. The molecule has 0 spiro atoms. The fourth-order valence-corrected chi connectivity index (χ4v) is 4.30. The standard InChI is InChI=1S/C25H28N2O6/c1-3-25(4-2)23(32)27(24(25)33-16-20(29)30)19(28)15-26-22(31)21(17-11-7-5-8-12-17)18-13-9-6-10-14-18/h5-14,21,24H,3-4,15-16H2,1-2H3,(H,26,31)(H,29,30). The van der Waals surface area contributed by atoms with Crippen molar-refractivity contribution >= 4 is 23.7 Å². The molecule has 2 N–H and O–H groups in total. The molecule has 1 aliphatic rings. The third kappa shape index (κ3) is 4.80. The number of carboxylic acids is 1.